The first-order chi connectivity index (χ1) is 9.33. The van der Waals surface area contributed by atoms with Crippen molar-refractivity contribution in [1.29, 1.82) is 0 Å². The molecule has 0 spiro atoms. The van der Waals surface area contributed by atoms with Crippen LogP contribution in [0.25, 0.3) is 0 Å². The summed E-state index contributed by atoms with van der Waals surface area (Å²) in [6.45, 7) is 15.4. The third-order valence-corrected chi connectivity index (χ3v) is 3.47. The molecule has 0 aliphatic carbocycles. The van der Waals surface area contributed by atoms with Crippen LogP contribution in [0.4, 0.5) is 0 Å². The number of esters is 1. The Kier molecular flexibility index (Phi) is 6.69. The van der Waals surface area contributed by atoms with Gasteiger partial charge in [0.1, 0.15) is 6.04 Å². The quantitative estimate of drug-likeness (QED) is 0.600. The highest BCUT2D eigenvalue weighted by Crippen LogP contribution is 2.19. The lowest BCUT2D eigenvalue weighted by Crippen LogP contribution is -2.47. The summed E-state index contributed by atoms with van der Waals surface area (Å²) < 4.78 is 5.18. The summed E-state index contributed by atoms with van der Waals surface area (Å²) in [5.41, 5.74) is 1.21. The van der Waals surface area contributed by atoms with Gasteiger partial charge in [-0.2, -0.15) is 0 Å². The van der Waals surface area contributed by atoms with E-state index >= 15 is 0 Å². The van der Waals surface area contributed by atoms with Crippen molar-refractivity contribution in [2.45, 2.75) is 58.5 Å². The zero-order chi connectivity index (χ0) is 15.2. The standard InChI is InChI=1S/C16H30N2O2/c1-6-20-15(19)14-9-7-8-10-18(14)12-13(2)11-17-16(3,4)5/h14,17H,2,6-12H2,1,3-5H3. The van der Waals surface area contributed by atoms with Crippen LogP contribution in [0, 0.1) is 0 Å². The first-order valence-corrected chi connectivity index (χ1v) is 7.66. The third kappa shape index (κ3) is 6.06. The monoisotopic (exact) mass is 282 g/mol. The molecule has 4 nitrogen and oxygen atoms in total. The highest BCUT2D eigenvalue weighted by Gasteiger charge is 2.29. The van der Waals surface area contributed by atoms with Crippen LogP contribution in [-0.4, -0.2) is 48.7 Å². The lowest BCUT2D eigenvalue weighted by Gasteiger charge is -2.34. The van der Waals surface area contributed by atoms with Crippen molar-refractivity contribution in [3.63, 3.8) is 0 Å². The molecule has 1 aliphatic rings. The number of hydrogen-bond acceptors (Lipinski definition) is 4. The number of nitrogens with one attached hydrogen (secondary N) is 1. The molecule has 0 radical (unpaired) electrons. The van der Waals surface area contributed by atoms with Gasteiger partial charge in [0.2, 0.25) is 0 Å². The zero-order valence-corrected chi connectivity index (χ0v) is 13.5. The maximum Gasteiger partial charge on any atom is 0.323 e. The molecule has 20 heavy (non-hydrogen) atoms. The van der Waals surface area contributed by atoms with Crippen LogP contribution in [0.3, 0.4) is 0 Å². The fourth-order valence-corrected chi connectivity index (χ4v) is 2.42. The van der Waals surface area contributed by atoms with Gasteiger partial charge in [-0.3, -0.25) is 9.69 Å². The Balaban J connectivity index is 2.49. The molecule has 0 amide bonds. The van der Waals surface area contributed by atoms with Crippen molar-refractivity contribution in [3.05, 3.63) is 12.2 Å². The van der Waals surface area contributed by atoms with Crippen LogP contribution in [0.2, 0.25) is 0 Å². The molecule has 0 saturated carbocycles. The lowest BCUT2D eigenvalue weighted by molar-refractivity contribution is -0.150. The molecule has 1 rings (SSSR count). The van der Waals surface area contributed by atoms with Crippen molar-refractivity contribution in [1.82, 2.24) is 10.2 Å². The van der Waals surface area contributed by atoms with Crippen molar-refractivity contribution in [2.75, 3.05) is 26.2 Å². The van der Waals surface area contributed by atoms with Crippen molar-refractivity contribution in [3.8, 4) is 0 Å². The molecule has 0 bridgehead atoms. The van der Waals surface area contributed by atoms with E-state index in [4.69, 9.17) is 4.74 Å². The second-order valence-electron chi connectivity index (χ2n) is 6.59. The topological polar surface area (TPSA) is 41.6 Å². The fraction of sp³-hybridized carbons (Fsp3) is 0.812. The number of piperidine rings is 1. The third-order valence-electron chi connectivity index (χ3n) is 3.47. The highest BCUT2D eigenvalue weighted by molar-refractivity contribution is 5.75. The molecule has 1 aliphatic heterocycles. The molecule has 0 aromatic carbocycles. The van der Waals surface area contributed by atoms with Crippen molar-refractivity contribution >= 4 is 5.97 Å². The molecular formula is C16H30N2O2. The molecule has 4 heteroatoms. The van der Waals surface area contributed by atoms with E-state index in [0.29, 0.717) is 6.61 Å². The first kappa shape index (κ1) is 17.2. The highest BCUT2D eigenvalue weighted by atomic mass is 16.5. The average molecular weight is 282 g/mol. The number of nitrogens with zero attached hydrogens (tertiary/aromatic N) is 1. The summed E-state index contributed by atoms with van der Waals surface area (Å²) in [5.74, 6) is -0.0798. The van der Waals surface area contributed by atoms with Gasteiger partial charge in [0.25, 0.3) is 0 Å². The Labute approximate surface area is 123 Å². The Bertz CT molecular complexity index is 334. The van der Waals surface area contributed by atoms with Gasteiger partial charge in [-0.1, -0.05) is 13.0 Å². The SMILES string of the molecule is C=C(CNC(C)(C)C)CN1CCCCC1C(=O)OCC. The summed E-state index contributed by atoms with van der Waals surface area (Å²) in [6, 6.07) is -0.0879. The molecule has 0 aromatic heterocycles. The minimum absolute atomic E-state index is 0.0798. The summed E-state index contributed by atoms with van der Waals surface area (Å²) in [4.78, 5) is 14.2. The number of carbonyl (C=O) groups is 1. The van der Waals surface area contributed by atoms with Crippen LogP contribution in [0.15, 0.2) is 12.2 Å². The van der Waals surface area contributed by atoms with Crippen LogP contribution >= 0.6 is 0 Å². The van der Waals surface area contributed by atoms with Crippen LogP contribution in [0.5, 0.6) is 0 Å². The van der Waals surface area contributed by atoms with E-state index in [1.54, 1.807) is 0 Å². The second-order valence-corrected chi connectivity index (χ2v) is 6.59. The summed E-state index contributed by atoms with van der Waals surface area (Å²) in [6.07, 6.45) is 3.15. The summed E-state index contributed by atoms with van der Waals surface area (Å²) in [7, 11) is 0. The van der Waals surface area contributed by atoms with Gasteiger partial charge < -0.3 is 10.1 Å². The molecule has 1 atom stereocenters. The predicted molar refractivity (Wildman–Crippen MR) is 82.7 cm³/mol. The Morgan fingerprint density at radius 3 is 2.70 bits per heavy atom. The molecule has 0 aromatic rings. The number of ether oxygens (including phenoxy) is 1. The molecular weight excluding hydrogens is 252 g/mol. The summed E-state index contributed by atoms with van der Waals surface area (Å²) >= 11 is 0. The molecule has 1 unspecified atom stereocenters. The predicted octanol–water partition coefficient (Wildman–Crippen LogP) is 2.35. The van der Waals surface area contributed by atoms with Gasteiger partial charge in [0.05, 0.1) is 6.61 Å². The van der Waals surface area contributed by atoms with E-state index in [1.807, 2.05) is 6.92 Å². The smallest absolute Gasteiger partial charge is 0.323 e. The largest absolute Gasteiger partial charge is 0.465 e. The van der Waals surface area contributed by atoms with E-state index in [9.17, 15) is 4.79 Å². The van der Waals surface area contributed by atoms with E-state index in [2.05, 4.69) is 37.6 Å². The first-order valence-electron chi connectivity index (χ1n) is 7.66. The minimum Gasteiger partial charge on any atom is -0.465 e. The van der Waals surface area contributed by atoms with Gasteiger partial charge in [-0.05, 0) is 52.7 Å². The van der Waals surface area contributed by atoms with Gasteiger partial charge in [-0.15, -0.1) is 0 Å². The zero-order valence-electron chi connectivity index (χ0n) is 13.5. The van der Waals surface area contributed by atoms with Crippen LogP contribution in [-0.2, 0) is 9.53 Å². The van der Waals surface area contributed by atoms with Gasteiger partial charge in [-0.25, -0.2) is 0 Å². The van der Waals surface area contributed by atoms with E-state index in [0.717, 1.165) is 44.5 Å². The van der Waals surface area contributed by atoms with E-state index < -0.39 is 0 Å². The average Bonchev–Trinajstić information content (AvgIpc) is 2.36. The number of rotatable bonds is 6. The second kappa shape index (κ2) is 7.79. The number of likely N-dealkylation sites (tertiary alicyclic amines) is 1. The molecule has 1 N–H and O–H groups in total. The van der Waals surface area contributed by atoms with Crippen molar-refractivity contribution < 1.29 is 9.53 Å². The molecule has 116 valence electrons. The van der Waals surface area contributed by atoms with E-state index in [-0.39, 0.29) is 17.6 Å². The van der Waals surface area contributed by atoms with Crippen LogP contribution < -0.4 is 5.32 Å². The summed E-state index contributed by atoms with van der Waals surface area (Å²) in [5, 5.41) is 3.44. The lowest BCUT2D eigenvalue weighted by atomic mass is 10.0. The van der Waals surface area contributed by atoms with Crippen molar-refractivity contribution in [2.24, 2.45) is 0 Å². The molecule has 1 heterocycles. The minimum atomic E-state index is -0.0879. The Morgan fingerprint density at radius 2 is 2.10 bits per heavy atom. The van der Waals surface area contributed by atoms with Gasteiger partial charge in [0.15, 0.2) is 0 Å². The number of hydrogen-bond donors (Lipinski definition) is 1. The van der Waals surface area contributed by atoms with Crippen LogP contribution in [0.1, 0.15) is 47.0 Å². The Hall–Kier alpha value is -0.870. The maximum absolute atomic E-state index is 12.0. The molecule has 1 saturated heterocycles. The molecule has 1 fully saturated rings. The Morgan fingerprint density at radius 1 is 1.40 bits per heavy atom. The van der Waals surface area contributed by atoms with E-state index in [1.165, 1.54) is 0 Å². The normalized spacial score (nSPS) is 20.7. The van der Waals surface area contributed by atoms with Gasteiger partial charge >= 0.3 is 5.97 Å². The number of carbonyl (C=O) groups excluding carboxylic acids is 1. The van der Waals surface area contributed by atoms with Gasteiger partial charge in [0, 0.05) is 18.6 Å². The maximum atomic E-state index is 12.0. The fourth-order valence-electron chi connectivity index (χ4n) is 2.42.